The lowest BCUT2D eigenvalue weighted by Gasteiger charge is -2.02. The lowest BCUT2D eigenvalue weighted by Crippen LogP contribution is -1.95. The van der Waals surface area contributed by atoms with Gasteiger partial charge < -0.3 is 10.7 Å². The van der Waals surface area contributed by atoms with E-state index in [1.807, 2.05) is 6.07 Å². The summed E-state index contributed by atoms with van der Waals surface area (Å²) in [5.74, 6) is 1.72. The van der Waals surface area contributed by atoms with Crippen molar-refractivity contribution >= 4 is 5.82 Å². The summed E-state index contributed by atoms with van der Waals surface area (Å²) in [6.45, 7) is 0. The normalized spacial score (nSPS) is 17.5. The van der Waals surface area contributed by atoms with Crippen LogP contribution in [0.2, 0.25) is 0 Å². The minimum absolute atomic E-state index is 0.337. The molecule has 68 valence electrons. The van der Waals surface area contributed by atoms with Gasteiger partial charge in [0.05, 0.1) is 0 Å². The first kappa shape index (κ1) is 8.11. The van der Waals surface area contributed by atoms with Gasteiger partial charge in [0.2, 0.25) is 0 Å². The maximum atomic E-state index is 8.67. The number of H-pyrrole nitrogens is 1. The predicted octanol–water partition coefficient (Wildman–Crippen LogP) is 1.52. The second kappa shape index (κ2) is 3.09. The number of aromatic amines is 1. The van der Waals surface area contributed by atoms with Gasteiger partial charge in [-0.25, -0.2) is 4.98 Å². The first-order chi connectivity index (χ1) is 6.31. The second-order valence-corrected chi connectivity index (χ2v) is 3.48. The van der Waals surface area contributed by atoms with Gasteiger partial charge in [-0.05, 0) is 12.8 Å². The molecule has 0 radical (unpaired) electrons. The number of nitrogen functional groups attached to an aromatic ring is 1. The molecule has 4 nitrogen and oxygen atoms in total. The fraction of sp³-hybridized carbons (Fsp3) is 0.556. The molecule has 2 rings (SSSR count). The number of aromatic nitrogens is 2. The number of nitrogens with two attached hydrogens (primary N) is 1. The van der Waals surface area contributed by atoms with Crippen LogP contribution in [-0.4, -0.2) is 9.97 Å². The van der Waals surface area contributed by atoms with E-state index >= 15 is 0 Å². The highest BCUT2D eigenvalue weighted by molar-refractivity contribution is 5.44. The maximum Gasteiger partial charge on any atom is 0.161 e. The van der Waals surface area contributed by atoms with Gasteiger partial charge in [-0.15, -0.1) is 0 Å². The average Bonchev–Trinajstić information content (AvgIpc) is 2.71. The zero-order valence-electron chi connectivity index (χ0n) is 7.38. The molecule has 0 aromatic carbocycles. The number of nitrogens with zero attached hydrogens (tertiary/aromatic N) is 2. The Labute approximate surface area is 76.8 Å². The number of hydrogen-bond acceptors (Lipinski definition) is 3. The number of nitriles is 1. The molecule has 0 amide bonds. The van der Waals surface area contributed by atoms with Gasteiger partial charge >= 0.3 is 0 Å². The van der Waals surface area contributed by atoms with E-state index in [2.05, 4.69) is 9.97 Å². The topological polar surface area (TPSA) is 78.5 Å². The standard InChI is InChI=1S/C9H12N4/c10-5-7-8(11)13-9(12-7)6-3-1-2-4-6/h6H,1-4,11H2,(H,12,13). The van der Waals surface area contributed by atoms with Gasteiger partial charge in [0.1, 0.15) is 11.9 Å². The third-order valence-corrected chi connectivity index (χ3v) is 2.60. The van der Waals surface area contributed by atoms with Crippen molar-refractivity contribution in [1.29, 1.82) is 5.26 Å². The van der Waals surface area contributed by atoms with E-state index in [0.29, 0.717) is 17.4 Å². The smallest absolute Gasteiger partial charge is 0.161 e. The molecule has 0 unspecified atom stereocenters. The summed E-state index contributed by atoms with van der Waals surface area (Å²) in [5, 5.41) is 8.67. The highest BCUT2D eigenvalue weighted by Crippen LogP contribution is 2.32. The van der Waals surface area contributed by atoms with E-state index in [0.717, 1.165) is 18.7 Å². The van der Waals surface area contributed by atoms with Gasteiger partial charge in [0.15, 0.2) is 11.5 Å². The molecule has 4 heteroatoms. The molecule has 1 aromatic heterocycles. The summed E-state index contributed by atoms with van der Waals surface area (Å²) in [6.07, 6.45) is 4.84. The van der Waals surface area contributed by atoms with Gasteiger partial charge in [-0.1, -0.05) is 12.8 Å². The van der Waals surface area contributed by atoms with Crippen molar-refractivity contribution in [3.8, 4) is 6.07 Å². The fourth-order valence-corrected chi connectivity index (χ4v) is 1.88. The minimum Gasteiger partial charge on any atom is -0.381 e. The number of rotatable bonds is 1. The molecular formula is C9H12N4. The molecular weight excluding hydrogens is 164 g/mol. The van der Waals surface area contributed by atoms with Crippen LogP contribution in [0, 0.1) is 11.3 Å². The molecule has 3 N–H and O–H groups in total. The number of nitrogens with one attached hydrogen (secondary N) is 1. The van der Waals surface area contributed by atoms with Gasteiger partial charge in [0, 0.05) is 5.92 Å². The van der Waals surface area contributed by atoms with Crippen molar-refractivity contribution in [3.05, 3.63) is 11.5 Å². The largest absolute Gasteiger partial charge is 0.381 e. The Morgan fingerprint density at radius 3 is 2.69 bits per heavy atom. The number of anilines is 1. The Bertz CT molecular complexity index is 341. The van der Waals surface area contributed by atoms with Crippen molar-refractivity contribution < 1.29 is 0 Å². The van der Waals surface area contributed by atoms with E-state index in [4.69, 9.17) is 11.0 Å². The summed E-state index contributed by atoms with van der Waals surface area (Å²) in [4.78, 5) is 7.14. The fourth-order valence-electron chi connectivity index (χ4n) is 1.88. The highest BCUT2D eigenvalue weighted by Gasteiger charge is 2.21. The molecule has 1 fully saturated rings. The van der Waals surface area contributed by atoms with Gasteiger partial charge in [0.25, 0.3) is 0 Å². The molecule has 0 aliphatic heterocycles. The monoisotopic (exact) mass is 176 g/mol. The third-order valence-electron chi connectivity index (χ3n) is 2.60. The van der Waals surface area contributed by atoms with Crippen molar-refractivity contribution in [2.75, 3.05) is 5.73 Å². The Morgan fingerprint density at radius 2 is 2.15 bits per heavy atom. The molecule has 0 saturated heterocycles. The SMILES string of the molecule is N#Cc1[nH]c(C2CCCC2)nc1N. The maximum absolute atomic E-state index is 8.67. The first-order valence-corrected chi connectivity index (χ1v) is 4.56. The Hall–Kier alpha value is -1.50. The van der Waals surface area contributed by atoms with Crippen LogP contribution in [0.25, 0.3) is 0 Å². The van der Waals surface area contributed by atoms with Crippen molar-refractivity contribution in [3.63, 3.8) is 0 Å². The zero-order valence-corrected chi connectivity index (χ0v) is 7.38. The van der Waals surface area contributed by atoms with Crippen molar-refractivity contribution in [2.45, 2.75) is 31.6 Å². The summed E-state index contributed by atoms with van der Waals surface area (Å²) in [6, 6.07) is 2.00. The van der Waals surface area contributed by atoms with Gasteiger partial charge in [-0.2, -0.15) is 5.26 Å². The van der Waals surface area contributed by atoms with Crippen LogP contribution >= 0.6 is 0 Å². The average molecular weight is 176 g/mol. The molecule has 1 aliphatic rings. The number of hydrogen-bond donors (Lipinski definition) is 2. The molecule has 1 aliphatic carbocycles. The molecule has 0 spiro atoms. The molecule has 1 aromatic rings. The summed E-state index contributed by atoms with van der Waals surface area (Å²) in [7, 11) is 0. The van der Waals surface area contributed by atoms with Crippen LogP contribution in [0.5, 0.6) is 0 Å². The molecule has 0 bridgehead atoms. The summed E-state index contributed by atoms with van der Waals surface area (Å²) in [5.41, 5.74) is 5.96. The lowest BCUT2D eigenvalue weighted by molar-refractivity contribution is 0.678. The van der Waals surface area contributed by atoms with Crippen LogP contribution in [0.3, 0.4) is 0 Å². The lowest BCUT2D eigenvalue weighted by atomic mass is 10.1. The molecule has 0 atom stereocenters. The van der Waals surface area contributed by atoms with Gasteiger partial charge in [-0.3, -0.25) is 0 Å². The molecule has 13 heavy (non-hydrogen) atoms. The van der Waals surface area contributed by atoms with Crippen LogP contribution in [0.1, 0.15) is 43.1 Å². The minimum atomic E-state index is 0.337. The van der Waals surface area contributed by atoms with E-state index in [-0.39, 0.29) is 0 Å². The Kier molecular flexibility index (Phi) is 1.93. The summed E-state index contributed by atoms with van der Waals surface area (Å²) >= 11 is 0. The highest BCUT2D eigenvalue weighted by atomic mass is 15.0. The van der Waals surface area contributed by atoms with Crippen LogP contribution in [0.4, 0.5) is 5.82 Å². The molecule has 1 saturated carbocycles. The van der Waals surface area contributed by atoms with Crippen LogP contribution in [0.15, 0.2) is 0 Å². The van der Waals surface area contributed by atoms with E-state index < -0.39 is 0 Å². The zero-order chi connectivity index (χ0) is 9.26. The number of imidazole rings is 1. The molecule has 1 heterocycles. The van der Waals surface area contributed by atoms with Crippen LogP contribution in [-0.2, 0) is 0 Å². The Balaban J connectivity index is 2.26. The van der Waals surface area contributed by atoms with Crippen molar-refractivity contribution in [2.24, 2.45) is 0 Å². The summed E-state index contributed by atoms with van der Waals surface area (Å²) < 4.78 is 0. The van der Waals surface area contributed by atoms with E-state index in [1.165, 1.54) is 12.8 Å². The quantitative estimate of drug-likeness (QED) is 0.680. The Morgan fingerprint density at radius 1 is 1.46 bits per heavy atom. The predicted molar refractivity (Wildman–Crippen MR) is 48.9 cm³/mol. The van der Waals surface area contributed by atoms with E-state index in [9.17, 15) is 0 Å². The third kappa shape index (κ3) is 1.37. The first-order valence-electron chi connectivity index (χ1n) is 4.56. The second-order valence-electron chi connectivity index (χ2n) is 3.48. The van der Waals surface area contributed by atoms with E-state index in [1.54, 1.807) is 0 Å². The van der Waals surface area contributed by atoms with Crippen LogP contribution < -0.4 is 5.73 Å². The van der Waals surface area contributed by atoms with Crippen molar-refractivity contribution in [1.82, 2.24) is 9.97 Å².